The van der Waals surface area contributed by atoms with Crippen molar-refractivity contribution in [3.8, 4) is 17.4 Å². The number of aromatic nitrogens is 1. The fraction of sp³-hybridized carbons (Fsp3) is 0.353. The molecule has 0 aliphatic carbocycles. The van der Waals surface area contributed by atoms with Crippen LogP contribution in [0.3, 0.4) is 0 Å². The van der Waals surface area contributed by atoms with E-state index in [2.05, 4.69) is 10.3 Å². The molecule has 0 unspecified atom stereocenters. The molecule has 3 rings (SSSR count). The lowest BCUT2D eigenvalue weighted by molar-refractivity contribution is 0.211. The molecule has 0 radical (unpaired) electrons. The van der Waals surface area contributed by atoms with Gasteiger partial charge in [-0.1, -0.05) is 0 Å². The summed E-state index contributed by atoms with van der Waals surface area (Å²) in [6, 6.07) is 6.58. The van der Waals surface area contributed by atoms with Gasteiger partial charge < -0.3 is 14.8 Å². The zero-order valence-corrected chi connectivity index (χ0v) is 12.6. The quantitative estimate of drug-likeness (QED) is 0.915. The van der Waals surface area contributed by atoms with Gasteiger partial charge in [0.05, 0.1) is 6.61 Å². The van der Waals surface area contributed by atoms with Crippen molar-refractivity contribution in [3.63, 3.8) is 0 Å². The van der Waals surface area contributed by atoms with Gasteiger partial charge in [0.25, 0.3) is 5.88 Å². The molecule has 23 heavy (non-hydrogen) atoms. The van der Waals surface area contributed by atoms with Crippen LogP contribution < -0.4 is 14.8 Å². The van der Waals surface area contributed by atoms with E-state index < -0.39 is 11.6 Å². The molecule has 1 atom stereocenters. The Morgan fingerprint density at radius 1 is 1.22 bits per heavy atom. The van der Waals surface area contributed by atoms with E-state index in [-0.39, 0.29) is 11.6 Å². The zero-order valence-electron chi connectivity index (χ0n) is 12.6. The van der Waals surface area contributed by atoms with Crippen molar-refractivity contribution in [1.29, 1.82) is 0 Å². The molecular weight excluding hydrogens is 302 g/mol. The van der Waals surface area contributed by atoms with Crippen LogP contribution >= 0.6 is 0 Å². The van der Waals surface area contributed by atoms with Gasteiger partial charge in [-0.25, -0.2) is 13.8 Å². The Kier molecular flexibility index (Phi) is 5.02. The predicted octanol–water partition coefficient (Wildman–Crippen LogP) is 3.53. The minimum absolute atomic E-state index is 0.0886. The summed E-state index contributed by atoms with van der Waals surface area (Å²) in [7, 11) is 0. The van der Waals surface area contributed by atoms with E-state index in [1.54, 1.807) is 12.1 Å². The molecule has 0 spiro atoms. The average molecular weight is 320 g/mol. The van der Waals surface area contributed by atoms with E-state index in [1.165, 1.54) is 12.3 Å². The third kappa shape index (κ3) is 4.16. The van der Waals surface area contributed by atoms with Crippen LogP contribution in [0.25, 0.3) is 0 Å². The molecule has 0 saturated carbocycles. The van der Waals surface area contributed by atoms with E-state index in [9.17, 15) is 8.78 Å². The molecule has 0 amide bonds. The van der Waals surface area contributed by atoms with Crippen LogP contribution in [0.15, 0.2) is 36.5 Å². The van der Waals surface area contributed by atoms with Gasteiger partial charge >= 0.3 is 0 Å². The predicted molar refractivity (Wildman–Crippen MR) is 81.8 cm³/mol. The van der Waals surface area contributed by atoms with Gasteiger partial charge in [-0.05, 0) is 43.7 Å². The van der Waals surface area contributed by atoms with Crippen LogP contribution in [0.2, 0.25) is 0 Å². The summed E-state index contributed by atoms with van der Waals surface area (Å²) < 4.78 is 37.9. The molecule has 6 heteroatoms. The highest BCUT2D eigenvalue weighted by molar-refractivity contribution is 5.37. The molecule has 122 valence electrons. The molecule has 1 aromatic heterocycles. The molecule has 0 bridgehead atoms. The first-order valence-corrected chi connectivity index (χ1v) is 7.64. The van der Waals surface area contributed by atoms with Crippen LogP contribution in [-0.4, -0.2) is 24.7 Å². The first kappa shape index (κ1) is 15.7. The van der Waals surface area contributed by atoms with Crippen molar-refractivity contribution < 1.29 is 18.3 Å². The number of pyridine rings is 1. The summed E-state index contributed by atoms with van der Waals surface area (Å²) in [5, 5.41) is 3.33. The van der Waals surface area contributed by atoms with Crippen LogP contribution in [0.1, 0.15) is 12.8 Å². The Labute approximate surface area is 133 Å². The van der Waals surface area contributed by atoms with Crippen molar-refractivity contribution in [2.24, 2.45) is 5.92 Å². The SMILES string of the molecule is Fc1ccc(Oc2ncccc2OC[C@H]2CCCNC2)c(F)c1. The van der Waals surface area contributed by atoms with Crippen LogP contribution in [-0.2, 0) is 0 Å². The van der Waals surface area contributed by atoms with Gasteiger partial charge in [-0.15, -0.1) is 0 Å². The molecule has 2 heterocycles. The molecular formula is C17H18F2N2O2. The minimum atomic E-state index is -0.780. The number of hydrogen-bond donors (Lipinski definition) is 1. The summed E-state index contributed by atoms with van der Waals surface area (Å²) in [6.45, 7) is 2.51. The highest BCUT2D eigenvalue weighted by Gasteiger charge is 2.16. The smallest absolute Gasteiger partial charge is 0.262 e. The number of nitrogens with one attached hydrogen (secondary N) is 1. The topological polar surface area (TPSA) is 43.4 Å². The molecule has 1 saturated heterocycles. The maximum absolute atomic E-state index is 13.7. The second kappa shape index (κ2) is 7.37. The number of halogens is 2. The first-order valence-electron chi connectivity index (χ1n) is 7.64. The Balaban J connectivity index is 1.69. The maximum Gasteiger partial charge on any atom is 0.262 e. The van der Waals surface area contributed by atoms with E-state index in [4.69, 9.17) is 9.47 Å². The van der Waals surface area contributed by atoms with Gasteiger partial charge in [-0.2, -0.15) is 0 Å². The third-order valence-electron chi connectivity index (χ3n) is 3.71. The van der Waals surface area contributed by atoms with Crippen molar-refractivity contribution in [2.45, 2.75) is 12.8 Å². The number of ether oxygens (including phenoxy) is 2. The highest BCUT2D eigenvalue weighted by atomic mass is 19.1. The van der Waals surface area contributed by atoms with Crippen molar-refractivity contribution in [1.82, 2.24) is 10.3 Å². The summed E-state index contributed by atoms with van der Waals surface area (Å²) in [4.78, 5) is 4.08. The molecule has 1 N–H and O–H groups in total. The summed E-state index contributed by atoms with van der Waals surface area (Å²) >= 11 is 0. The van der Waals surface area contributed by atoms with E-state index in [0.29, 0.717) is 18.3 Å². The summed E-state index contributed by atoms with van der Waals surface area (Å²) in [5.74, 6) is -0.479. The fourth-order valence-electron chi connectivity index (χ4n) is 2.50. The molecule has 1 aliphatic heterocycles. The number of rotatable bonds is 5. The monoisotopic (exact) mass is 320 g/mol. The van der Waals surface area contributed by atoms with Gasteiger partial charge in [0.15, 0.2) is 17.3 Å². The number of benzene rings is 1. The van der Waals surface area contributed by atoms with Gasteiger partial charge in [0.2, 0.25) is 0 Å². The van der Waals surface area contributed by atoms with E-state index >= 15 is 0 Å². The Bertz CT molecular complexity index is 661. The minimum Gasteiger partial charge on any atom is -0.488 e. The van der Waals surface area contributed by atoms with Crippen LogP contribution in [0, 0.1) is 17.6 Å². The standard InChI is InChI=1S/C17H18F2N2O2/c18-13-5-6-15(14(19)9-13)23-17-16(4-2-8-21-17)22-11-12-3-1-7-20-10-12/h2,4-6,8-9,12,20H,1,3,7,10-11H2/t12-/m0/s1. The molecule has 1 aromatic carbocycles. The number of nitrogens with zero attached hydrogens (tertiary/aromatic N) is 1. The average Bonchev–Trinajstić information content (AvgIpc) is 2.57. The van der Waals surface area contributed by atoms with Crippen LogP contribution in [0.5, 0.6) is 17.4 Å². The lowest BCUT2D eigenvalue weighted by atomic mass is 10.0. The molecule has 1 aliphatic rings. The molecule has 1 fully saturated rings. The maximum atomic E-state index is 13.7. The lowest BCUT2D eigenvalue weighted by Gasteiger charge is -2.23. The van der Waals surface area contributed by atoms with Crippen molar-refractivity contribution in [2.75, 3.05) is 19.7 Å². The van der Waals surface area contributed by atoms with Gasteiger partial charge in [0.1, 0.15) is 5.82 Å². The fourth-order valence-corrected chi connectivity index (χ4v) is 2.50. The number of hydrogen-bond acceptors (Lipinski definition) is 4. The van der Waals surface area contributed by atoms with Gasteiger partial charge in [0, 0.05) is 24.7 Å². The molecule has 4 nitrogen and oxygen atoms in total. The Morgan fingerprint density at radius 3 is 2.91 bits per heavy atom. The van der Waals surface area contributed by atoms with E-state index in [0.717, 1.165) is 38.1 Å². The summed E-state index contributed by atoms with van der Waals surface area (Å²) in [6.07, 6.45) is 3.77. The van der Waals surface area contributed by atoms with Crippen LogP contribution in [0.4, 0.5) is 8.78 Å². The second-order valence-corrected chi connectivity index (χ2v) is 5.51. The largest absolute Gasteiger partial charge is 0.488 e. The van der Waals surface area contributed by atoms with Crippen molar-refractivity contribution in [3.05, 3.63) is 48.2 Å². The normalized spacial score (nSPS) is 17.7. The second-order valence-electron chi connectivity index (χ2n) is 5.51. The van der Waals surface area contributed by atoms with E-state index in [1.807, 2.05) is 0 Å². The molecule has 2 aromatic rings. The summed E-state index contributed by atoms with van der Waals surface area (Å²) in [5.41, 5.74) is 0. The highest BCUT2D eigenvalue weighted by Crippen LogP contribution is 2.31. The van der Waals surface area contributed by atoms with Gasteiger partial charge in [-0.3, -0.25) is 0 Å². The third-order valence-corrected chi connectivity index (χ3v) is 3.71. The first-order chi connectivity index (χ1) is 11.2. The Hall–Kier alpha value is -2.21. The lowest BCUT2D eigenvalue weighted by Crippen LogP contribution is -2.33. The van der Waals surface area contributed by atoms with Crippen molar-refractivity contribution >= 4 is 0 Å². The Morgan fingerprint density at radius 2 is 2.13 bits per heavy atom. The zero-order chi connectivity index (χ0) is 16.1. The number of piperidine rings is 1.